The number of nitrogens with zero attached hydrogens (tertiary/aromatic N) is 1. The van der Waals surface area contributed by atoms with Crippen LogP contribution in [0.3, 0.4) is 0 Å². The fourth-order valence-electron chi connectivity index (χ4n) is 2.43. The van der Waals surface area contributed by atoms with Crippen LogP contribution in [0.5, 0.6) is 0 Å². The lowest BCUT2D eigenvalue weighted by Gasteiger charge is -2.15. The Bertz CT molecular complexity index is 722. The summed E-state index contributed by atoms with van der Waals surface area (Å²) >= 11 is 1.27. The monoisotopic (exact) mass is 329 g/mol. The Labute approximate surface area is 137 Å². The zero-order valence-corrected chi connectivity index (χ0v) is 13.2. The molecule has 1 aromatic carbocycles. The summed E-state index contributed by atoms with van der Waals surface area (Å²) < 4.78 is 5.01. The first kappa shape index (κ1) is 15.4. The second-order valence-electron chi connectivity index (χ2n) is 5.17. The average Bonchev–Trinajstić information content (AvgIpc) is 3.24. The third-order valence-corrected chi connectivity index (χ3v) is 4.48. The van der Waals surface area contributed by atoms with Crippen molar-refractivity contribution in [2.75, 3.05) is 18.1 Å². The highest BCUT2D eigenvalue weighted by Gasteiger charge is 2.21. The third kappa shape index (κ3) is 3.48. The average molecular weight is 329 g/mol. The summed E-state index contributed by atoms with van der Waals surface area (Å²) in [4.78, 5) is 37.6. The fourth-order valence-corrected chi connectivity index (χ4v) is 3.04. The SMILES string of the molecule is O=C(COC(=O)c1cccs1)c1ccc(N2CCCC2=O)cc1. The molecular weight excluding hydrogens is 314 g/mol. The smallest absolute Gasteiger partial charge is 0.348 e. The van der Waals surface area contributed by atoms with E-state index in [9.17, 15) is 14.4 Å². The number of carbonyl (C=O) groups excluding carboxylic acids is 3. The molecule has 5 nitrogen and oxygen atoms in total. The molecule has 1 saturated heterocycles. The lowest BCUT2D eigenvalue weighted by Crippen LogP contribution is -2.23. The normalized spacial score (nSPS) is 14.1. The van der Waals surface area contributed by atoms with Gasteiger partial charge in [-0.3, -0.25) is 9.59 Å². The number of hydrogen-bond donors (Lipinski definition) is 0. The van der Waals surface area contributed by atoms with Crippen LogP contribution in [-0.2, 0) is 9.53 Å². The minimum absolute atomic E-state index is 0.106. The molecular formula is C17H15NO4S. The van der Waals surface area contributed by atoms with Gasteiger partial charge in [-0.1, -0.05) is 6.07 Å². The summed E-state index contributed by atoms with van der Waals surface area (Å²) in [6.45, 7) is 0.420. The number of carbonyl (C=O) groups is 3. The van der Waals surface area contributed by atoms with E-state index in [4.69, 9.17) is 4.74 Å². The zero-order chi connectivity index (χ0) is 16.2. The molecule has 0 atom stereocenters. The summed E-state index contributed by atoms with van der Waals surface area (Å²) in [7, 11) is 0. The van der Waals surface area contributed by atoms with Crippen LogP contribution in [0.2, 0.25) is 0 Å². The molecule has 0 bridgehead atoms. The molecule has 0 N–H and O–H groups in total. The van der Waals surface area contributed by atoms with E-state index >= 15 is 0 Å². The molecule has 0 aliphatic carbocycles. The van der Waals surface area contributed by atoms with Crippen LogP contribution in [0.15, 0.2) is 41.8 Å². The van der Waals surface area contributed by atoms with Gasteiger partial charge >= 0.3 is 5.97 Å². The molecule has 3 rings (SSSR count). The van der Waals surface area contributed by atoms with Crippen LogP contribution in [0.1, 0.15) is 32.9 Å². The van der Waals surface area contributed by atoms with Gasteiger partial charge < -0.3 is 9.64 Å². The first-order valence-corrected chi connectivity index (χ1v) is 8.17. The molecule has 118 valence electrons. The molecule has 0 spiro atoms. The van der Waals surface area contributed by atoms with Gasteiger partial charge in [0.15, 0.2) is 12.4 Å². The Balaban J connectivity index is 1.59. The van der Waals surface area contributed by atoms with Gasteiger partial charge in [0, 0.05) is 24.2 Å². The van der Waals surface area contributed by atoms with Crippen molar-refractivity contribution in [3.05, 3.63) is 52.2 Å². The predicted octanol–water partition coefficient (Wildman–Crippen LogP) is 2.91. The summed E-state index contributed by atoms with van der Waals surface area (Å²) in [5.74, 6) is -0.657. The molecule has 1 amide bonds. The Kier molecular flexibility index (Phi) is 4.52. The third-order valence-electron chi connectivity index (χ3n) is 3.63. The van der Waals surface area contributed by atoms with Crippen molar-refractivity contribution in [3.63, 3.8) is 0 Å². The highest BCUT2D eigenvalue weighted by Crippen LogP contribution is 2.21. The number of benzene rings is 1. The Morgan fingerprint density at radius 2 is 1.96 bits per heavy atom. The topological polar surface area (TPSA) is 63.7 Å². The molecule has 23 heavy (non-hydrogen) atoms. The second kappa shape index (κ2) is 6.75. The maximum absolute atomic E-state index is 12.1. The van der Waals surface area contributed by atoms with Crippen molar-refractivity contribution in [2.24, 2.45) is 0 Å². The quantitative estimate of drug-likeness (QED) is 0.625. The molecule has 2 aromatic rings. The number of Topliss-reactive ketones (excluding diaryl/α,β-unsaturated/α-hetero) is 1. The standard InChI is InChI=1S/C17H15NO4S/c19-14(11-22-17(21)15-3-2-10-23-15)12-5-7-13(8-6-12)18-9-1-4-16(18)20/h2-3,5-8,10H,1,4,9,11H2. The fraction of sp³-hybridized carbons (Fsp3) is 0.235. The van der Waals surface area contributed by atoms with Gasteiger partial charge in [0.2, 0.25) is 5.91 Å². The predicted molar refractivity (Wildman–Crippen MR) is 87.0 cm³/mol. The van der Waals surface area contributed by atoms with Gasteiger partial charge in [-0.15, -0.1) is 11.3 Å². The Morgan fingerprint density at radius 3 is 2.57 bits per heavy atom. The van der Waals surface area contributed by atoms with Crippen molar-refractivity contribution in [1.29, 1.82) is 0 Å². The molecule has 2 heterocycles. The highest BCUT2D eigenvalue weighted by molar-refractivity contribution is 7.11. The van der Waals surface area contributed by atoms with E-state index < -0.39 is 5.97 Å². The molecule has 0 unspecified atom stereocenters. The lowest BCUT2D eigenvalue weighted by atomic mass is 10.1. The molecule has 1 fully saturated rings. The largest absolute Gasteiger partial charge is 0.453 e. The number of ether oxygens (including phenoxy) is 1. The molecule has 1 aliphatic heterocycles. The number of amides is 1. The first-order chi connectivity index (χ1) is 11.1. The van der Waals surface area contributed by atoms with E-state index in [-0.39, 0.29) is 18.3 Å². The minimum atomic E-state index is -0.493. The zero-order valence-electron chi connectivity index (χ0n) is 12.4. The highest BCUT2D eigenvalue weighted by atomic mass is 32.1. The van der Waals surface area contributed by atoms with Gasteiger partial charge in [-0.2, -0.15) is 0 Å². The van der Waals surface area contributed by atoms with Gasteiger partial charge in [0.1, 0.15) is 4.88 Å². The number of hydrogen-bond acceptors (Lipinski definition) is 5. The summed E-state index contributed by atoms with van der Waals surface area (Å²) in [5, 5.41) is 1.77. The van der Waals surface area contributed by atoms with Crippen molar-refractivity contribution in [2.45, 2.75) is 12.8 Å². The Hall–Kier alpha value is -2.47. The van der Waals surface area contributed by atoms with Crippen LogP contribution in [-0.4, -0.2) is 30.8 Å². The van der Waals surface area contributed by atoms with Crippen LogP contribution in [0, 0.1) is 0 Å². The van der Waals surface area contributed by atoms with E-state index in [1.807, 2.05) is 0 Å². The van der Waals surface area contributed by atoms with Crippen molar-refractivity contribution in [1.82, 2.24) is 0 Å². The van der Waals surface area contributed by atoms with Crippen LogP contribution in [0.4, 0.5) is 5.69 Å². The number of rotatable bonds is 5. The van der Waals surface area contributed by atoms with Crippen molar-refractivity contribution >= 4 is 34.7 Å². The van der Waals surface area contributed by atoms with Crippen LogP contribution >= 0.6 is 11.3 Å². The van der Waals surface area contributed by atoms with E-state index in [0.717, 1.165) is 12.1 Å². The van der Waals surface area contributed by atoms with E-state index in [2.05, 4.69) is 0 Å². The van der Waals surface area contributed by atoms with Crippen LogP contribution in [0.25, 0.3) is 0 Å². The maximum atomic E-state index is 12.1. The van der Waals surface area contributed by atoms with Gasteiger partial charge in [0.25, 0.3) is 0 Å². The molecule has 1 aromatic heterocycles. The second-order valence-corrected chi connectivity index (χ2v) is 6.12. The van der Waals surface area contributed by atoms with Gasteiger partial charge in [-0.25, -0.2) is 4.79 Å². The number of esters is 1. The molecule has 0 radical (unpaired) electrons. The maximum Gasteiger partial charge on any atom is 0.348 e. The molecule has 1 aliphatic rings. The number of ketones is 1. The summed E-state index contributed by atoms with van der Waals surface area (Å²) in [5.41, 5.74) is 1.25. The first-order valence-electron chi connectivity index (χ1n) is 7.29. The van der Waals surface area contributed by atoms with E-state index in [0.29, 0.717) is 23.4 Å². The lowest BCUT2D eigenvalue weighted by molar-refractivity contribution is -0.117. The summed E-state index contributed by atoms with van der Waals surface area (Å²) in [6.07, 6.45) is 1.43. The Morgan fingerprint density at radius 1 is 1.17 bits per heavy atom. The van der Waals surface area contributed by atoms with E-state index in [1.165, 1.54) is 11.3 Å². The molecule has 0 saturated carbocycles. The van der Waals surface area contributed by atoms with Gasteiger partial charge in [-0.05, 0) is 42.1 Å². The number of anilines is 1. The molecule has 6 heteroatoms. The van der Waals surface area contributed by atoms with Crippen molar-refractivity contribution < 1.29 is 19.1 Å². The van der Waals surface area contributed by atoms with Crippen LogP contribution < -0.4 is 4.90 Å². The minimum Gasteiger partial charge on any atom is -0.453 e. The number of thiophene rings is 1. The van der Waals surface area contributed by atoms with Gasteiger partial charge in [0.05, 0.1) is 0 Å². The summed E-state index contributed by atoms with van der Waals surface area (Å²) in [6, 6.07) is 10.2. The van der Waals surface area contributed by atoms with E-state index in [1.54, 1.807) is 46.7 Å². The van der Waals surface area contributed by atoms with Crippen molar-refractivity contribution in [3.8, 4) is 0 Å².